The molecule has 0 amide bonds. The highest BCUT2D eigenvalue weighted by atomic mass is 127. The molecule has 0 spiro atoms. The first-order valence-corrected chi connectivity index (χ1v) is 8.50. The minimum atomic E-state index is -0.306. The molecule has 5 nitrogen and oxygen atoms in total. The average molecular weight is 538 g/mol. The molecule has 2 aromatic carbocycles. The fourth-order valence-corrected chi connectivity index (χ4v) is 2.82. The molecule has 0 aliphatic rings. The van der Waals surface area contributed by atoms with Gasteiger partial charge in [-0.15, -0.1) is 24.0 Å². The molecular weight excluding hydrogens is 516 g/mol. The second-order valence-electron chi connectivity index (χ2n) is 5.35. The summed E-state index contributed by atoms with van der Waals surface area (Å²) in [5.74, 6) is 1.40. The average Bonchev–Trinajstić information content (AvgIpc) is 2.59. The second kappa shape index (κ2) is 11.2. The molecule has 2 rings (SSSR count). The summed E-state index contributed by atoms with van der Waals surface area (Å²) in [5, 5.41) is 3.05. The molecular formula is C18H22BrFIN3O2. The number of ether oxygens (including phenoxy) is 2. The molecule has 2 aromatic rings. The van der Waals surface area contributed by atoms with Crippen LogP contribution in [0, 0.1) is 5.82 Å². The number of aliphatic imine (C=N–C) groups is 1. The van der Waals surface area contributed by atoms with E-state index in [2.05, 4.69) is 26.2 Å². The minimum Gasteiger partial charge on any atom is -0.493 e. The van der Waals surface area contributed by atoms with Gasteiger partial charge in [0.2, 0.25) is 0 Å². The summed E-state index contributed by atoms with van der Waals surface area (Å²) in [6.45, 7) is 0.934. The molecule has 0 atom stereocenters. The smallest absolute Gasteiger partial charge is 0.188 e. The molecule has 0 fully saturated rings. The van der Waals surface area contributed by atoms with Crippen LogP contribution in [0.3, 0.4) is 0 Å². The summed E-state index contributed by atoms with van der Waals surface area (Å²) in [7, 11) is 3.21. The normalized spacial score (nSPS) is 10.8. The van der Waals surface area contributed by atoms with Crippen LogP contribution in [0.15, 0.2) is 45.9 Å². The van der Waals surface area contributed by atoms with Gasteiger partial charge in [-0.1, -0.05) is 22.0 Å². The highest BCUT2D eigenvalue weighted by molar-refractivity contribution is 14.0. The van der Waals surface area contributed by atoms with E-state index >= 15 is 0 Å². The maximum Gasteiger partial charge on any atom is 0.188 e. The molecule has 0 heterocycles. The number of nitrogens with one attached hydrogen (secondary N) is 1. The van der Waals surface area contributed by atoms with Crippen LogP contribution in [0.1, 0.15) is 11.1 Å². The summed E-state index contributed by atoms with van der Waals surface area (Å²) in [6.07, 6.45) is 0.752. The number of guanidine groups is 1. The molecule has 142 valence electrons. The lowest BCUT2D eigenvalue weighted by Crippen LogP contribution is -2.33. The number of nitrogens with zero attached hydrogens (tertiary/aromatic N) is 1. The number of hydrogen-bond donors (Lipinski definition) is 2. The Morgan fingerprint density at radius 3 is 2.50 bits per heavy atom. The second-order valence-corrected chi connectivity index (χ2v) is 6.26. The zero-order chi connectivity index (χ0) is 18.2. The Hall–Kier alpha value is -1.55. The third-order valence-corrected chi connectivity index (χ3v) is 3.98. The summed E-state index contributed by atoms with van der Waals surface area (Å²) >= 11 is 3.26. The maximum absolute atomic E-state index is 13.3. The van der Waals surface area contributed by atoms with Crippen LogP contribution in [0.5, 0.6) is 11.5 Å². The van der Waals surface area contributed by atoms with Gasteiger partial charge in [-0.3, -0.25) is 0 Å². The van der Waals surface area contributed by atoms with E-state index in [-0.39, 0.29) is 29.8 Å². The van der Waals surface area contributed by atoms with Crippen LogP contribution in [-0.4, -0.2) is 26.7 Å². The van der Waals surface area contributed by atoms with Gasteiger partial charge in [0.25, 0.3) is 0 Å². The van der Waals surface area contributed by atoms with Crippen molar-refractivity contribution >= 4 is 45.9 Å². The highest BCUT2D eigenvalue weighted by Gasteiger charge is 2.04. The number of hydrogen-bond acceptors (Lipinski definition) is 3. The van der Waals surface area contributed by atoms with Gasteiger partial charge >= 0.3 is 0 Å². The Bertz CT molecular complexity index is 739. The predicted molar refractivity (Wildman–Crippen MR) is 116 cm³/mol. The minimum absolute atomic E-state index is 0. The van der Waals surface area contributed by atoms with Gasteiger partial charge in [0.05, 0.1) is 20.8 Å². The van der Waals surface area contributed by atoms with Gasteiger partial charge in [0.1, 0.15) is 5.82 Å². The lowest BCUT2D eigenvalue weighted by molar-refractivity contribution is 0.354. The van der Waals surface area contributed by atoms with Crippen molar-refractivity contribution in [1.82, 2.24) is 5.32 Å². The molecule has 0 saturated heterocycles. The van der Waals surface area contributed by atoms with Crippen LogP contribution in [-0.2, 0) is 13.0 Å². The number of rotatable bonds is 7. The summed E-state index contributed by atoms with van der Waals surface area (Å²) in [5.41, 5.74) is 7.69. The number of benzene rings is 2. The van der Waals surface area contributed by atoms with Crippen molar-refractivity contribution in [1.29, 1.82) is 0 Å². The number of methoxy groups -OCH3 is 2. The molecule has 26 heavy (non-hydrogen) atoms. The molecule has 0 unspecified atom stereocenters. The first-order valence-electron chi connectivity index (χ1n) is 7.71. The van der Waals surface area contributed by atoms with Crippen LogP contribution < -0.4 is 20.5 Å². The molecule has 0 aliphatic heterocycles. The monoisotopic (exact) mass is 537 g/mol. The van der Waals surface area contributed by atoms with Crippen LogP contribution in [0.4, 0.5) is 4.39 Å². The Morgan fingerprint density at radius 2 is 1.85 bits per heavy atom. The van der Waals surface area contributed by atoms with Gasteiger partial charge in [-0.05, 0) is 47.9 Å². The summed E-state index contributed by atoms with van der Waals surface area (Å²) < 4.78 is 24.5. The van der Waals surface area contributed by atoms with Gasteiger partial charge in [0.15, 0.2) is 17.5 Å². The van der Waals surface area contributed by atoms with E-state index in [1.54, 1.807) is 14.2 Å². The third-order valence-electron chi connectivity index (χ3n) is 3.52. The molecule has 0 saturated carbocycles. The summed E-state index contributed by atoms with van der Waals surface area (Å²) in [4.78, 5) is 4.22. The zero-order valence-corrected chi connectivity index (χ0v) is 18.5. The maximum atomic E-state index is 13.3. The first kappa shape index (κ1) is 22.5. The van der Waals surface area contributed by atoms with E-state index in [9.17, 15) is 4.39 Å². The fourth-order valence-electron chi connectivity index (χ4n) is 2.31. The molecule has 0 aromatic heterocycles. The van der Waals surface area contributed by atoms with E-state index in [4.69, 9.17) is 15.2 Å². The molecule has 0 aliphatic carbocycles. The van der Waals surface area contributed by atoms with Crippen LogP contribution in [0.2, 0.25) is 0 Å². The van der Waals surface area contributed by atoms with Crippen molar-refractivity contribution in [2.75, 3.05) is 20.8 Å². The lowest BCUT2D eigenvalue weighted by Gasteiger charge is -2.10. The first-order chi connectivity index (χ1) is 12.0. The van der Waals surface area contributed by atoms with Gasteiger partial charge < -0.3 is 20.5 Å². The topological polar surface area (TPSA) is 68.9 Å². The van der Waals surface area contributed by atoms with Crippen molar-refractivity contribution in [3.05, 3.63) is 57.8 Å². The SMILES string of the molecule is COc1ccc(CCNC(N)=NCc2cc(F)cc(Br)c2)cc1OC.I. The van der Waals surface area contributed by atoms with Crippen molar-refractivity contribution in [3.8, 4) is 11.5 Å². The molecule has 3 N–H and O–H groups in total. The van der Waals surface area contributed by atoms with Crippen LogP contribution in [0.25, 0.3) is 0 Å². The van der Waals surface area contributed by atoms with E-state index < -0.39 is 0 Å². The highest BCUT2D eigenvalue weighted by Crippen LogP contribution is 2.27. The standard InChI is InChI=1S/C18H21BrFN3O2.HI/c1-24-16-4-3-12(9-17(16)25-2)5-6-22-18(21)23-11-13-7-14(19)10-15(20)8-13;/h3-4,7-10H,5-6,11H2,1-2H3,(H3,21,22,23);1H. The Balaban J connectivity index is 0.00000338. The van der Waals surface area contributed by atoms with Gasteiger partial charge in [-0.2, -0.15) is 0 Å². The quantitative estimate of drug-likeness (QED) is 0.319. The molecule has 0 radical (unpaired) electrons. The van der Waals surface area contributed by atoms with Crippen molar-refractivity contribution in [2.24, 2.45) is 10.7 Å². The Morgan fingerprint density at radius 1 is 1.12 bits per heavy atom. The van der Waals surface area contributed by atoms with Crippen LogP contribution >= 0.6 is 39.9 Å². The van der Waals surface area contributed by atoms with E-state index in [1.165, 1.54) is 12.1 Å². The Labute approximate surface area is 178 Å². The van der Waals surface area contributed by atoms with E-state index in [0.717, 1.165) is 17.5 Å². The predicted octanol–water partition coefficient (Wildman–Crippen LogP) is 3.87. The Kier molecular flexibility index (Phi) is 9.71. The summed E-state index contributed by atoms with van der Waals surface area (Å²) in [6, 6.07) is 10.4. The van der Waals surface area contributed by atoms with Crippen molar-refractivity contribution in [3.63, 3.8) is 0 Å². The molecule has 8 heteroatoms. The largest absolute Gasteiger partial charge is 0.493 e. The zero-order valence-electron chi connectivity index (χ0n) is 14.6. The fraction of sp³-hybridized carbons (Fsp3) is 0.278. The molecule has 0 bridgehead atoms. The van der Waals surface area contributed by atoms with E-state index in [1.807, 2.05) is 24.3 Å². The third kappa shape index (κ3) is 6.99. The number of halogens is 3. The van der Waals surface area contributed by atoms with E-state index in [0.29, 0.717) is 35.0 Å². The lowest BCUT2D eigenvalue weighted by atomic mass is 10.1. The van der Waals surface area contributed by atoms with Crippen molar-refractivity contribution in [2.45, 2.75) is 13.0 Å². The number of nitrogens with two attached hydrogens (primary N) is 1. The van der Waals surface area contributed by atoms with Gasteiger partial charge in [0, 0.05) is 11.0 Å². The van der Waals surface area contributed by atoms with Gasteiger partial charge in [-0.25, -0.2) is 9.38 Å². The van der Waals surface area contributed by atoms with Crippen molar-refractivity contribution < 1.29 is 13.9 Å².